The standard InChI is InChI=1S/C43H43FN12O6S/c1-25(2)62-39-38(27-19-46-47-20-27)45-24-56-40(39)50-43(51-56)48-35-9-7-32(18-34(35)44)63(60,61)31-5-3-4-28(17-31)54-22-30(23-54)53-14-12-52(13-15-53)29-6-8-33-26(16-29)21-55(42(33)59)36-10-11-37(57)49-41(36)58/h3-9,16-20,24-25,30,36H,10-15,21-23H2,1-2H3,(H,46,47)(H,48,51)(H,49,57,58)/t36-/m0/s1. The second-order valence-electron chi connectivity index (χ2n) is 16.4. The molecule has 3 amide bonds. The highest BCUT2D eigenvalue weighted by molar-refractivity contribution is 7.91. The molecule has 3 saturated heterocycles. The lowest BCUT2D eigenvalue weighted by atomic mass is 10.0. The van der Waals surface area contributed by atoms with E-state index >= 15 is 4.39 Å². The molecule has 1 atom stereocenters. The first kappa shape index (κ1) is 40.2. The van der Waals surface area contributed by atoms with E-state index in [1.54, 1.807) is 29.4 Å². The molecular weight excluding hydrogens is 832 g/mol. The Morgan fingerprint density at radius 2 is 1.73 bits per heavy atom. The number of piperazine rings is 1. The van der Waals surface area contributed by atoms with E-state index in [2.05, 4.69) is 50.6 Å². The highest BCUT2D eigenvalue weighted by Gasteiger charge is 2.40. The number of hydrogen-bond acceptors (Lipinski definition) is 14. The van der Waals surface area contributed by atoms with Crippen LogP contribution in [0.5, 0.6) is 5.75 Å². The van der Waals surface area contributed by atoms with Gasteiger partial charge >= 0.3 is 0 Å². The van der Waals surface area contributed by atoms with E-state index in [0.29, 0.717) is 47.2 Å². The first-order valence-electron chi connectivity index (χ1n) is 20.7. The molecule has 63 heavy (non-hydrogen) atoms. The second-order valence-corrected chi connectivity index (χ2v) is 18.3. The highest BCUT2D eigenvalue weighted by atomic mass is 32.2. The lowest BCUT2D eigenvalue weighted by molar-refractivity contribution is -0.136. The average molecular weight is 875 g/mol. The quantitative estimate of drug-likeness (QED) is 0.159. The van der Waals surface area contributed by atoms with Gasteiger partial charge in [0.05, 0.1) is 27.8 Å². The van der Waals surface area contributed by atoms with Crippen LogP contribution in [0, 0.1) is 5.82 Å². The molecule has 0 radical (unpaired) electrons. The van der Waals surface area contributed by atoms with Gasteiger partial charge in [0.2, 0.25) is 33.2 Å². The van der Waals surface area contributed by atoms with Crippen molar-refractivity contribution in [1.82, 2.24) is 44.9 Å². The maximum Gasteiger partial charge on any atom is 0.255 e. The van der Waals surface area contributed by atoms with Crippen LogP contribution in [0.25, 0.3) is 16.9 Å². The predicted octanol–water partition coefficient (Wildman–Crippen LogP) is 3.79. The summed E-state index contributed by atoms with van der Waals surface area (Å²) in [5.41, 5.74) is 4.81. The third-order valence-corrected chi connectivity index (χ3v) is 13.8. The molecule has 3 N–H and O–H groups in total. The molecule has 0 spiro atoms. The number of benzene rings is 3. The Labute approximate surface area is 361 Å². The van der Waals surface area contributed by atoms with E-state index in [4.69, 9.17) is 4.74 Å². The lowest BCUT2D eigenvalue weighted by Crippen LogP contribution is -2.63. The number of hydrogen-bond donors (Lipinski definition) is 3. The van der Waals surface area contributed by atoms with E-state index in [9.17, 15) is 22.8 Å². The minimum absolute atomic E-state index is 0.0115. The molecule has 4 aliphatic heterocycles. The number of aromatic amines is 1. The number of H-pyrrole nitrogens is 1. The molecule has 0 unspecified atom stereocenters. The molecule has 3 aromatic heterocycles. The van der Waals surface area contributed by atoms with Crippen molar-refractivity contribution in [2.24, 2.45) is 0 Å². The minimum atomic E-state index is -4.07. The zero-order valence-corrected chi connectivity index (χ0v) is 35.2. The number of nitrogens with zero attached hydrogens (tertiary/aromatic N) is 9. The topological polar surface area (TPSA) is 203 Å². The number of aromatic nitrogens is 6. The number of ether oxygens (including phenoxy) is 1. The molecule has 3 aromatic carbocycles. The molecule has 10 rings (SSSR count). The Bertz CT molecular complexity index is 2890. The molecule has 324 valence electrons. The molecule has 0 saturated carbocycles. The van der Waals surface area contributed by atoms with Gasteiger partial charge in [-0.1, -0.05) is 6.07 Å². The Morgan fingerprint density at radius 1 is 0.937 bits per heavy atom. The fraction of sp³-hybridized carbons (Fsp3) is 0.326. The van der Waals surface area contributed by atoms with Gasteiger partial charge in [-0.2, -0.15) is 14.6 Å². The number of rotatable bonds is 11. The van der Waals surface area contributed by atoms with Gasteiger partial charge in [0.1, 0.15) is 23.9 Å². The normalized spacial score (nSPS) is 18.6. The summed E-state index contributed by atoms with van der Waals surface area (Å²) < 4.78 is 50.8. The van der Waals surface area contributed by atoms with E-state index in [0.717, 1.165) is 62.3 Å². The summed E-state index contributed by atoms with van der Waals surface area (Å²) in [6, 6.07) is 15.9. The number of piperidine rings is 1. The van der Waals surface area contributed by atoms with Crippen LogP contribution in [0.2, 0.25) is 0 Å². The summed E-state index contributed by atoms with van der Waals surface area (Å²) >= 11 is 0. The molecule has 3 fully saturated rings. The number of nitrogens with one attached hydrogen (secondary N) is 3. The SMILES string of the molecule is CC(C)Oc1c(-c2cn[nH]c2)ncn2nc(Nc3ccc(S(=O)(=O)c4cccc(N5CC(N6CCN(c7ccc8c(c7)CN([C@H]7CCC(=O)NC7=O)C8=O)CC6)C5)c4)cc3F)nc12. The van der Waals surface area contributed by atoms with Crippen LogP contribution in [-0.4, -0.2) is 123 Å². The Hall–Kier alpha value is -6.93. The van der Waals surface area contributed by atoms with Gasteiger partial charge in [-0.05, 0) is 80.4 Å². The second kappa shape index (κ2) is 15.8. The fourth-order valence-electron chi connectivity index (χ4n) is 8.69. The van der Waals surface area contributed by atoms with Crippen molar-refractivity contribution in [2.45, 2.75) is 61.2 Å². The van der Waals surface area contributed by atoms with E-state index < -0.39 is 27.6 Å². The minimum Gasteiger partial charge on any atom is -0.485 e. The number of amides is 3. The smallest absolute Gasteiger partial charge is 0.255 e. The van der Waals surface area contributed by atoms with E-state index in [1.165, 1.54) is 29.0 Å². The maximum atomic E-state index is 15.6. The Kier molecular flexibility index (Phi) is 10.0. The molecule has 18 nitrogen and oxygen atoms in total. The van der Waals surface area contributed by atoms with Crippen molar-refractivity contribution in [1.29, 1.82) is 0 Å². The summed E-state index contributed by atoms with van der Waals surface area (Å²) in [7, 11) is -4.07. The van der Waals surface area contributed by atoms with Crippen LogP contribution in [-0.2, 0) is 26.0 Å². The highest BCUT2D eigenvalue weighted by Crippen LogP contribution is 2.35. The molecule has 4 aliphatic rings. The molecule has 6 aromatic rings. The summed E-state index contributed by atoms with van der Waals surface area (Å²) in [5.74, 6) is -1.27. The molecule has 0 bridgehead atoms. The van der Waals surface area contributed by atoms with Crippen LogP contribution in [0.3, 0.4) is 0 Å². The Morgan fingerprint density at radius 3 is 2.48 bits per heavy atom. The summed E-state index contributed by atoms with van der Waals surface area (Å²) in [4.78, 5) is 54.6. The number of imide groups is 1. The van der Waals surface area contributed by atoms with Crippen LogP contribution in [0.4, 0.5) is 27.4 Å². The number of halogens is 1. The molecule has 0 aliphatic carbocycles. The van der Waals surface area contributed by atoms with Gasteiger partial charge in [-0.3, -0.25) is 29.7 Å². The molecule has 7 heterocycles. The van der Waals surface area contributed by atoms with Gasteiger partial charge in [0, 0.05) is 87.0 Å². The zero-order valence-electron chi connectivity index (χ0n) is 34.4. The number of anilines is 4. The number of fused-ring (bicyclic) bond motifs is 2. The molecule has 20 heteroatoms. The van der Waals surface area contributed by atoms with Gasteiger partial charge in [0.15, 0.2) is 5.75 Å². The maximum absolute atomic E-state index is 15.6. The number of sulfone groups is 1. The van der Waals surface area contributed by atoms with Crippen molar-refractivity contribution < 1.29 is 31.9 Å². The van der Waals surface area contributed by atoms with Crippen LogP contribution in [0.1, 0.15) is 42.6 Å². The number of carbonyl (C=O) groups is 3. The Balaban J connectivity index is 0.758. The van der Waals surface area contributed by atoms with Crippen molar-refractivity contribution >= 4 is 56.2 Å². The average Bonchev–Trinajstić information content (AvgIpc) is 4.01. The first-order chi connectivity index (χ1) is 30.4. The zero-order chi connectivity index (χ0) is 43.6. The predicted molar refractivity (Wildman–Crippen MR) is 228 cm³/mol. The van der Waals surface area contributed by atoms with Crippen LogP contribution >= 0.6 is 0 Å². The summed E-state index contributed by atoms with van der Waals surface area (Å²) in [6.07, 6.45) is 5.10. The lowest BCUT2D eigenvalue weighted by Gasteiger charge is -2.49. The summed E-state index contributed by atoms with van der Waals surface area (Å²) in [6.45, 7) is 8.83. The monoisotopic (exact) mass is 874 g/mol. The van der Waals surface area contributed by atoms with E-state index in [1.807, 2.05) is 38.1 Å². The third kappa shape index (κ3) is 7.47. The molecular formula is C43H43FN12O6S. The van der Waals surface area contributed by atoms with Gasteiger partial charge in [0.25, 0.3) is 5.91 Å². The van der Waals surface area contributed by atoms with Crippen molar-refractivity contribution in [3.63, 3.8) is 0 Å². The van der Waals surface area contributed by atoms with Crippen LogP contribution < -0.4 is 25.2 Å². The first-order valence-corrected chi connectivity index (χ1v) is 22.2. The largest absolute Gasteiger partial charge is 0.485 e. The number of carbonyl (C=O) groups excluding carboxylic acids is 3. The van der Waals surface area contributed by atoms with Crippen molar-refractivity contribution in [3.8, 4) is 17.0 Å². The van der Waals surface area contributed by atoms with Gasteiger partial charge in [-0.25, -0.2) is 17.8 Å². The summed E-state index contributed by atoms with van der Waals surface area (Å²) in [5, 5.41) is 16.4. The van der Waals surface area contributed by atoms with Crippen molar-refractivity contribution in [2.75, 3.05) is 54.4 Å². The van der Waals surface area contributed by atoms with Crippen LogP contribution in [0.15, 0.2) is 89.2 Å². The van der Waals surface area contributed by atoms with Crippen molar-refractivity contribution in [3.05, 3.63) is 96.3 Å². The fourth-order valence-corrected chi connectivity index (χ4v) is 10.00. The van der Waals surface area contributed by atoms with E-state index in [-0.39, 0.29) is 45.8 Å². The third-order valence-electron chi connectivity index (χ3n) is 12.0. The van der Waals surface area contributed by atoms with Gasteiger partial charge in [-0.15, -0.1) is 5.10 Å². The van der Waals surface area contributed by atoms with Gasteiger partial charge < -0.3 is 24.8 Å².